The average molecular weight is 340 g/mol. The van der Waals surface area contributed by atoms with Crippen molar-refractivity contribution in [2.24, 2.45) is 0 Å². The minimum Gasteiger partial charge on any atom is -0.489 e. The van der Waals surface area contributed by atoms with Crippen LogP contribution in [0.4, 0.5) is 8.78 Å². The Hall–Kier alpha value is -3.21. The van der Waals surface area contributed by atoms with E-state index in [0.717, 1.165) is 11.6 Å². The molecule has 0 aromatic heterocycles. The second-order valence-corrected chi connectivity index (χ2v) is 5.43. The van der Waals surface area contributed by atoms with Gasteiger partial charge in [0.05, 0.1) is 5.56 Å². The smallest absolute Gasteiger partial charge is 0.335 e. The van der Waals surface area contributed by atoms with E-state index in [1.807, 2.05) is 30.3 Å². The third-order valence-electron chi connectivity index (χ3n) is 3.67. The number of benzene rings is 3. The lowest BCUT2D eigenvalue weighted by Crippen LogP contribution is -2.01. The SMILES string of the molecule is O=C(O)c1cc(F)c(F)c(-c2cccc(OCc3ccccc3)c2)c1. The van der Waals surface area contributed by atoms with Crippen LogP contribution >= 0.6 is 0 Å². The van der Waals surface area contributed by atoms with Crippen LogP contribution in [0.2, 0.25) is 0 Å². The quantitative estimate of drug-likeness (QED) is 0.718. The zero-order chi connectivity index (χ0) is 17.8. The van der Waals surface area contributed by atoms with Crippen molar-refractivity contribution in [1.82, 2.24) is 0 Å². The largest absolute Gasteiger partial charge is 0.489 e. The first-order valence-electron chi connectivity index (χ1n) is 7.54. The molecule has 0 heterocycles. The molecule has 126 valence electrons. The van der Waals surface area contributed by atoms with Crippen molar-refractivity contribution in [2.45, 2.75) is 6.61 Å². The molecule has 0 atom stereocenters. The number of carbonyl (C=O) groups is 1. The molecule has 0 saturated heterocycles. The highest BCUT2D eigenvalue weighted by atomic mass is 19.2. The van der Waals surface area contributed by atoms with Gasteiger partial charge in [-0.2, -0.15) is 0 Å². The lowest BCUT2D eigenvalue weighted by Gasteiger charge is -2.10. The molecular weight excluding hydrogens is 326 g/mol. The number of aromatic carboxylic acids is 1. The predicted molar refractivity (Wildman–Crippen MR) is 89.5 cm³/mol. The zero-order valence-corrected chi connectivity index (χ0v) is 13.1. The minimum atomic E-state index is -1.32. The molecule has 0 amide bonds. The van der Waals surface area contributed by atoms with E-state index >= 15 is 0 Å². The van der Waals surface area contributed by atoms with Crippen LogP contribution in [0.5, 0.6) is 5.75 Å². The van der Waals surface area contributed by atoms with E-state index in [2.05, 4.69) is 0 Å². The van der Waals surface area contributed by atoms with Gasteiger partial charge in [-0.15, -0.1) is 0 Å². The fraction of sp³-hybridized carbons (Fsp3) is 0.0500. The number of halogens is 2. The lowest BCUT2D eigenvalue weighted by molar-refractivity contribution is 0.0696. The molecule has 0 aliphatic rings. The maximum atomic E-state index is 14.1. The molecule has 0 unspecified atom stereocenters. The third-order valence-corrected chi connectivity index (χ3v) is 3.67. The maximum Gasteiger partial charge on any atom is 0.335 e. The predicted octanol–water partition coefficient (Wildman–Crippen LogP) is 4.91. The molecule has 3 rings (SSSR count). The highest BCUT2D eigenvalue weighted by Crippen LogP contribution is 2.29. The van der Waals surface area contributed by atoms with Crippen LogP contribution in [-0.2, 0) is 6.61 Å². The van der Waals surface area contributed by atoms with Gasteiger partial charge in [0.1, 0.15) is 12.4 Å². The van der Waals surface area contributed by atoms with E-state index < -0.39 is 17.6 Å². The molecule has 1 N–H and O–H groups in total. The Bertz CT molecular complexity index is 908. The van der Waals surface area contributed by atoms with E-state index in [9.17, 15) is 13.6 Å². The summed E-state index contributed by atoms with van der Waals surface area (Å²) in [6.45, 7) is 0.330. The Labute approximate surface area is 143 Å². The molecule has 0 bridgehead atoms. The minimum absolute atomic E-state index is 0.123. The van der Waals surface area contributed by atoms with Crippen LogP contribution in [0.25, 0.3) is 11.1 Å². The topological polar surface area (TPSA) is 46.5 Å². The van der Waals surface area contributed by atoms with E-state index in [4.69, 9.17) is 9.84 Å². The van der Waals surface area contributed by atoms with Gasteiger partial charge in [-0.3, -0.25) is 0 Å². The van der Waals surface area contributed by atoms with Gasteiger partial charge < -0.3 is 9.84 Å². The van der Waals surface area contributed by atoms with Crippen molar-refractivity contribution in [3.05, 3.63) is 89.5 Å². The number of hydrogen-bond acceptors (Lipinski definition) is 2. The van der Waals surface area contributed by atoms with Crippen molar-refractivity contribution in [1.29, 1.82) is 0 Å². The molecule has 0 aliphatic heterocycles. The molecule has 0 radical (unpaired) electrons. The Morgan fingerprint density at radius 2 is 1.72 bits per heavy atom. The number of ether oxygens (including phenoxy) is 1. The summed E-state index contributed by atoms with van der Waals surface area (Å²) in [5.41, 5.74) is 0.870. The summed E-state index contributed by atoms with van der Waals surface area (Å²) in [6.07, 6.45) is 0. The molecule has 0 saturated carbocycles. The van der Waals surface area contributed by atoms with Gasteiger partial charge in [0, 0.05) is 5.56 Å². The average Bonchev–Trinajstić information content (AvgIpc) is 2.63. The van der Waals surface area contributed by atoms with Crippen LogP contribution in [-0.4, -0.2) is 11.1 Å². The second kappa shape index (κ2) is 7.13. The summed E-state index contributed by atoms with van der Waals surface area (Å²) in [6, 6.07) is 17.7. The van der Waals surface area contributed by atoms with Gasteiger partial charge >= 0.3 is 5.97 Å². The Morgan fingerprint density at radius 3 is 2.44 bits per heavy atom. The van der Waals surface area contributed by atoms with E-state index in [-0.39, 0.29) is 11.1 Å². The molecule has 3 aromatic carbocycles. The first-order valence-corrected chi connectivity index (χ1v) is 7.54. The maximum absolute atomic E-state index is 14.1. The number of hydrogen-bond donors (Lipinski definition) is 1. The third kappa shape index (κ3) is 3.83. The van der Waals surface area contributed by atoms with Crippen molar-refractivity contribution < 1.29 is 23.4 Å². The van der Waals surface area contributed by atoms with Crippen molar-refractivity contribution in [3.63, 3.8) is 0 Å². The van der Waals surface area contributed by atoms with Gasteiger partial charge in [-0.25, -0.2) is 13.6 Å². The van der Waals surface area contributed by atoms with Crippen LogP contribution in [0.3, 0.4) is 0 Å². The Morgan fingerprint density at radius 1 is 0.960 bits per heavy atom. The van der Waals surface area contributed by atoms with Crippen molar-refractivity contribution in [3.8, 4) is 16.9 Å². The summed E-state index contributed by atoms with van der Waals surface area (Å²) in [5.74, 6) is -3.14. The monoisotopic (exact) mass is 340 g/mol. The molecule has 3 nitrogen and oxygen atoms in total. The van der Waals surface area contributed by atoms with Gasteiger partial charge in [0.15, 0.2) is 11.6 Å². The summed E-state index contributed by atoms with van der Waals surface area (Å²) in [5, 5.41) is 9.02. The number of rotatable bonds is 5. The van der Waals surface area contributed by atoms with Crippen LogP contribution in [0, 0.1) is 11.6 Å². The van der Waals surface area contributed by atoms with Crippen LogP contribution in [0.1, 0.15) is 15.9 Å². The number of carboxylic acids is 1. The molecule has 25 heavy (non-hydrogen) atoms. The Balaban J connectivity index is 1.90. The molecule has 0 fully saturated rings. The molecule has 0 spiro atoms. The summed E-state index contributed by atoms with van der Waals surface area (Å²) < 4.78 is 33.5. The van der Waals surface area contributed by atoms with E-state index in [1.165, 1.54) is 0 Å². The van der Waals surface area contributed by atoms with Crippen molar-refractivity contribution in [2.75, 3.05) is 0 Å². The van der Waals surface area contributed by atoms with E-state index in [1.54, 1.807) is 24.3 Å². The van der Waals surface area contributed by atoms with Crippen LogP contribution < -0.4 is 4.74 Å². The zero-order valence-electron chi connectivity index (χ0n) is 13.1. The fourth-order valence-corrected chi connectivity index (χ4v) is 2.42. The van der Waals surface area contributed by atoms with Gasteiger partial charge in [-0.05, 0) is 35.4 Å². The molecular formula is C20H14F2O3. The normalized spacial score (nSPS) is 10.5. The fourth-order valence-electron chi connectivity index (χ4n) is 2.42. The lowest BCUT2D eigenvalue weighted by atomic mass is 10.0. The summed E-state index contributed by atoms with van der Waals surface area (Å²) in [4.78, 5) is 11.1. The summed E-state index contributed by atoms with van der Waals surface area (Å²) in [7, 11) is 0. The molecule has 0 aliphatic carbocycles. The van der Waals surface area contributed by atoms with Crippen LogP contribution in [0.15, 0.2) is 66.7 Å². The highest BCUT2D eigenvalue weighted by Gasteiger charge is 2.16. The van der Waals surface area contributed by atoms with Crippen molar-refractivity contribution >= 4 is 5.97 Å². The standard InChI is InChI=1S/C20H14F2O3/c21-18-11-15(20(23)24)10-17(19(18)22)14-7-4-8-16(9-14)25-12-13-5-2-1-3-6-13/h1-11H,12H2,(H,23,24). The number of carboxylic acid groups (broad SMARTS) is 1. The first-order chi connectivity index (χ1) is 12.0. The van der Waals surface area contributed by atoms with E-state index in [0.29, 0.717) is 24.0 Å². The Kier molecular flexibility index (Phi) is 4.75. The molecule has 5 heteroatoms. The molecule has 3 aromatic rings. The highest BCUT2D eigenvalue weighted by molar-refractivity contribution is 5.89. The second-order valence-electron chi connectivity index (χ2n) is 5.43. The van der Waals surface area contributed by atoms with Gasteiger partial charge in [0.25, 0.3) is 0 Å². The summed E-state index contributed by atoms with van der Waals surface area (Å²) >= 11 is 0. The first kappa shape index (κ1) is 16.6. The van der Waals surface area contributed by atoms with Gasteiger partial charge in [-0.1, -0.05) is 42.5 Å². The van der Waals surface area contributed by atoms with Gasteiger partial charge in [0.2, 0.25) is 0 Å².